The Morgan fingerprint density at radius 2 is 2.30 bits per heavy atom. The first kappa shape index (κ1) is 13.4. The fourth-order valence-corrected chi connectivity index (χ4v) is 2.43. The number of nitrogens with zero attached hydrogens (tertiary/aromatic N) is 1. The average molecular weight is 275 g/mol. The van der Waals surface area contributed by atoms with E-state index in [2.05, 4.69) is 22.6 Å². The van der Waals surface area contributed by atoms with Gasteiger partial charge < -0.3 is 20.3 Å². The van der Waals surface area contributed by atoms with E-state index in [9.17, 15) is 4.79 Å². The van der Waals surface area contributed by atoms with Crippen LogP contribution in [0.4, 0.5) is 5.69 Å². The number of rotatable bonds is 6. The van der Waals surface area contributed by atoms with Gasteiger partial charge in [-0.15, -0.1) is 0 Å². The Hall–Kier alpha value is -1.59. The first-order valence-electron chi connectivity index (χ1n) is 7.19. The van der Waals surface area contributed by atoms with Crippen LogP contribution < -0.4 is 15.4 Å². The van der Waals surface area contributed by atoms with Gasteiger partial charge in [-0.05, 0) is 37.6 Å². The van der Waals surface area contributed by atoms with Gasteiger partial charge in [0, 0.05) is 25.7 Å². The van der Waals surface area contributed by atoms with Crippen LogP contribution in [0.3, 0.4) is 0 Å². The normalized spacial score (nSPS) is 17.6. The molecule has 108 valence electrons. The zero-order valence-electron chi connectivity index (χ0n) is 11.8. The summed E-state index contributed by atoms with van der Waals surface area (Å²) in [5.41, 5.74) is 1.93. The fraction of sp³-hybridized carbons (Fsp3) is 0.533. The molecule has 1 amide bonds. The number of ether oxygens (including phenoxy) is 1. The zero-order valence-corrected chi connectivity index (χ0v) is 11.8. The van der Waals surface area contributed by atoms with Gasteiger partial charge in [0.25, 0.3) is 5.91 Å². The summed E-state index contributed by atoms with van der Waals surface area (Å²) in [6, 6.07) is 6.74. The predicted molar refractivity (Wildman–Crippen MR) is 77.9 cm³/mol. The highest BCUT2D eigenvalue weighted by Gasteiger charge is 2.25. The molecule has 1 heterocycles. The van der Waals surface area contributed by atoms with E-state index in [1.807, 2.05) is 18.2 Å². The highest BCUT2D eigenvalue weighted by molar-refractivity contribution is 5.95. The molecule has 2 N–H and O–H groups in total. The fourth-order valence-electron chi connectivity index (χ4n) is 2.43. The van der Waals surface area contributed by atoms with Crippen LogP contribution in [0.1, 0.15) is 18.4 Å². The van der Waals surface area contributed by atoms with Gasteiger partial charge in [0.05, 0.1) is 5.69 Å². The Kier molecular flexibility index (Phi) is 3.89. The third-order valence-electron chi connectivity index (χ3n) is 3.82. The number of hydrogen-bond acceptors (Lipinski definition) is 4. The lowest BCUT2D eigenvalue weighted by Crippen LogP contribution is -2.30. The molecule has 1 aromatic rings. The molecule has 1 fully saturated rings. The molecule has 0 unspecified atom stereocenters. The molecule has 2 aliphatic rings. The van der Waals surface area contributed by atoms with Crippen LogP contribution in [0.15, 0.2) is 18.2 Å². The third kappa shape index (κ3) is 3.29. The molecular weight excluding hydrogens is 254 g/mol. The summed E-state index contributed by atoms with van der Waals surface area (Å²) in [4.78, 5) is 13.7. The molecule has 0 spiro atoms. The minimum Gasteiger partial charge on any atom is -0.482 e. The van der Waals surface area contributed by atoms with E-state index in [0.29, 0.717) is 0 Å². The summed E-state index contributed by atoms with van der Waals surface area (Å²) in [6.07, 6.45) is 2.70. The summed E-state index contributed by atoms with van der Waals surface area (Å²) in [5.74, 6) is 0.662. The van der Waals surface area contributed by atoms with E-state index in [4.69, 9.17) is 4.74 Å². The molecule has 1 aromatic carbocycles. The number of amides is 1. The molecule has 5 heteroatoms. The number of likely N-dealkylation sites (N-methyl/N-ethyl adjacent to an activating group) is 1. The van der Waals surface area contributed by atoms with Gasteiger partial charge in [0.15, 0.2) is 6.61 Å². The molecular formula is C15H21N3O2. The molecule has 1 aliphatic carbocycles. The van der Waals surface area contributed by atoms with Crippen molar-refractivity contribution < 1.29 is 9.53 Å². The lowest BCUT2D eigenvalue weighted by Gasteiger charge is -2.19. The summed E-state index contributed by atoms with van der Waals surface area (Å²) < 4.78 is 5.34. The Morgan fingerprint density at radius 3 is 3.10 bits per heavy atom. The van der Waals surface area contributed by atoms with Crippen LogP contribution >= 0.6 is 0 Å². The van der Waals surface area contributed by atoms with Crippen molar-refractivity contribution in [1.29, 1.82) is 0 Å². The number of anilines is 1. The lowest BCUT2D eigenvalue weighted by atomic mass is 10.1. The maximum atomic E-state index is 11.3. The number of fused-ring (bicyclic) bond motifs is 1. The first-order valence-corrected chi connectivity index (χ1v) is 7.19. The summed E-state index contributed by atoms with van der Waals surface area (Å²) in [6.45, 7) is 2.97. The molecule has 1 aliphatic heterocycles. The van der Waals surface area contributed by atoms with Gasteiger partial charge in [0.2, 0.25) is 0 Å². The molecule has 0 saturated heterocycles. The number of carbonyl (C=O) groups is 1. The number of benzene rings is 1. The van der Waals surface area contributed by atoms with Crippen LogP contribution in [-0.4, -0.2) is 43.6 Å². The van der Waals surface area contributed by atoms with E-state index in [-0.39, 0.29) is 12.5 Å². The van der Waals surface area contributed by atoms with Crippen LogP contribution in [0.25, 0.3) is 0 Å². The smallest absolute Gasteiger partial charge is 0.262 e. The second kappa shape index (κ2) is 5.81. The summed E-state index contributed by atoms with van der Waals surface area (Å²) >= 11 is 0. The van der Waals surface area contributed by atoms with Crippen molar-refractivity contribution in [1.82, 2.24) is 10.2 Å². The Balaban J connectivity index is 1.47. The third-order valence-corrected chi connectivity index (χ3v) is 3.82. The average Bonchev–Trinajstić information content (AvgIpc) is 3.27. The molecule has 0 aromatic heterocycles. The quantitative estimate of drug-likeness (QED) is 0.766. The number of carbonyl (C=O) groups excluding carboxylic acids is 1. The largest absolute Gasteiger partial charge is 0.482 e. The van der Waals surface area contributed by atoms with E-state index >= 15 is 0 Å². The van der Waals surface area contributed by atoms with Crippen LogP contribution in [-0.2, 0) is 11.3 Å². The summed E-state index contributed by atoms with van der Waals surface area (Å²) in [5, 5.41) is 6.27. The number of hydrogen-bond donors (Lipinski definition) is 2. The van der Waals surface area contributed by atoms with Crippen molar-refractivity contribution in [3.63, 3.8) is 0 Å². The number of nitrogens with one attached hydrogen (secondary N) is 2. The van der Waals surface area contributed by atoms with Crippen LogP contribution in [0.5, 0.6) is 5.75 Å². The second-order valence-electron chi connectivity index (χ2n) is 5.56. The van der Waals surface area contributed by atoms with Gasteiger partial charge in [-0.25, -0.2) is 0 Å². The van der Waals surface area contributed by atoms with Gasteiger partial charge in [-0.1, -0.05) is 6.07 Å². The Bertz CT molecular complexity index is 500. The molecule has 0 atom stereocenters. The van der Waals surface area contributed by atoms with Crippen molar-refractivity contribution >= 4 is 11.6 Å². The van der Waals surface area contributed by atoms with E-state index in [1.54, 1.807) is 0 Å². The monoisotopic (exact) mass is 275 g/mol. The minimum absolute atomic E-state index is 0.0892. The molecule has 0 radical (unpaired) electrons. The Morgan fingerprint density at radius 1 is 1.45 bits per heavy atom. The van der Waals surface area contributed by atoms with Crippen molar-refractivity contribution in [3.05, 3.63) is 23.8 Å². The minimum atomic E-state index is -0.0892. The van der Waals surface area contributed by atoms with E-state index < -0.39 is 0 Å². The molecule has 5 nitrogen and oxygen atoms in total. The molecule has 1 saturated carbocycles. The standard InChI is InChI=1S/C15H21N3O2/c1-18(12-3-4-12)7-6-16-9-11-2-5-14-13(8-11)17-15(19)10-20-14/h2,5,8,12,16H,3-4,6-7,9-10H2,1H3,(H,17,19). The van der Waals surface area contributed by atoms with Gasteiger partial charge in [-0.2, -0.15) is 0 Å². The predicted octanol–water partition coefficient (Wildman–Crippen LogP) is 1.20. The van der Waals surface area contributed by atoms with E-state index in [1.165, 1.54) is 12.8 Å². The van der Waals surface area contributed by atoms with Gasteiger partial charge in [-0.3, -0.25) is 4.79 Å². The SMILES string of the molecule is CN(CCNCc1ccc2c(c1)NC(=O)CO2)C1CC1. The maximum Gasteiger partial charge on any atom is 0.262 e. The van der Waals surface area contributed by atoms with Gasteiger partial charge in [0.1, 0.15) is 5.75 Å². The van der Waals surface area contributed by atoms with Crippen molar-refractivity contribution in [2.45, 2.75) is 25.4 Å². The lowest BCUT2D eigenvalue weighted by molar-refractivity contribution is -0.118. The van der Waals surface area contributed by atoms with Crippen molar-refractivity contribution in [2.75, 3.05) is 32.1 Å². The van der Waals surface area contributed by atoms with Crippen LogP contribution in [0.2, 0.25) is 0 Å². The first-order chi connectivity index (χ1) is 9.72. The van der Waals surface area contributed by atoms with Crippen molar-refractivity contribution in [3.8, 4) is 5.75 Å². The topological polar surface area (TPSA) is 53.6 Å². The molecule has 3 rings (SSSR count). The second-order valence-corrected chi connectivity index (χ2v) is 5.56. The van der Waals surface area contributed by atoms with Crippen molar-refractivity contribution in [2.24, 2.45) is 0 Å². The van der Waals surface area contributed by atoms with Crippen LogP contribution in [0, 0.1) is 0 Å². The zero-order chi connectivity index (χ0) is 13.9. The van der Waals surface area contributed by atoms with E-state index in [0.717, 1.165) is 42.7 Å². The summed E-state index contributed by atoms with van der Waals surface area (Å²) in [7, 11) is 2.19. The van der Waals surface area contributed by atoms with Gasteiger partial charge >= 0.3 is 0 Å². The highest BCUT2D eigenvalue weighted by Crippen LogP contribution is 2.28. The highest BCUT2D eigenvalue weighted by atomic mass is 16.5. The molecule has 0 bridgehead atoms. The Labute approximate surface area is 119 Å². The molecule has 20 heavy (non-hydrogen) atoms. The maximum absolute atomic E-state index is 11.3.